The van der Waals surface area contributed by atoms with Gasteiger partial charge < -0.3 is 10.0 Å². The maximum absolute atomic E-state index is 12.8. The molecule has 0 unspecified atom stereocenters. The smallest absolute Gasteiger partial charge is 0.392 e. The highest BCUT2D eigenvalue weighted by Gasteiger charge is 2.33. The SMILES string of the molecule is CC(C)N(CC(F)(F)F)c1ncc(CO)c2ccccc12. The zero-order chi connectivity index (χ0) is 15.6. The molecule has 0 atom stereocenters. The summed E-state index contributed by atoms with van der Waals surface area (Å²) in [4.78, 5) is 5.38. The quantitative estimate of drug-likeness (QED) is 0.938. The fraction of sp³-hybridized carbons (Fsp3) is 0.400. The lowest BCUT2D eigenvalue weighted by atomic mass is 10.1. The van der Waals surface area contributed by atoms with Gasteiger partial charge in [-0.1, -0.05) is 24.3 Å². The third-order valence-electron chi connectivity index (χ3n) is 3.27. The predicted octanol–water partition coefficient (Wildman–Crippen LogP) is 3.50. The minimum atomic E-state index is -4.30. The summed E-state index contributed by atoms with van der Waals surface area (Å²) in [7, 11) is 0. The molecule has 0 aliphatic heterocycles. The van der Waals surface area contributed by atoms with E-state index in [2.05, 4.69) is 4.98 Å². The molecule has 1 aromatic heterocycles. The van der Waals surface area contributed by atoms with E-state index in [1.54, 1.807) is 38.1 Å². The second-order valence-electron chi connectivity index (χ2n) is 5.15. The van der Waals surface area contributed by atoms with Gasteiger partial charge in [0, 0.05) is 23.2 Å². The lowest BCUT2D eigenvalue weighted by Gasteiger charge is -2.30. The molecule has 6 heteroatoms. The van der Waals surface area contributed by atoms with E-state index >= 15 is 0 Å². The third kappa shape index (κ3) is 3.44. The maximum Gasteiger partial charge on any atom is 0.405 e. The molecule has 0 aliphatic carbocycles. The van der Waals surface area contributed by atoms with Gasteiger partial charge in [0.15, 0.2) is 0 Å². The molecule has 1 N–H and O–H groups in total. The number of pyridine rings is 1. The number of aliphatic hydroxyl groups excluding tert-OH is 1. The first-order valence-electron chi connectivity index (χ1n) is 6.64. The first kappa shape index (κ1) is 15.6. The number of aliphatic hydroxyl groups is 1. The van der Waals surface area contributed by atoms with Crippen LogP contribution in [0.3, 0.4) is 0 Å². The average Bonchev–Trinajstić information content (AvgIpc) is 2.42. The largest absolute Gasteiger partial charge is 0.405 e. The summed E-state index contributed by atoms with van der Waals surface area (Å²) in [5.41, 5.74) is 0.602. The Balaban J connectivity index is 2.58. The van der Waals surface area contributed by atoms with Gasteiger partial charge in [-0.3, -0.25) is 0 Å². The van der Waals surface area contributed by atoms with Gasteiger partial charge in [-0.05, 0) is 19.2 Å². The minimum absolute atomic E-state index is 0.200. The van der Waals surface area contributed by atoms with Crippen molar-refractivity contribution >= 4 is 16.6 Å². The maximum atomic E-state index is 12.8. The first-order valence-corrected chi connectivity index (χ1v) is 6.64. The Kier molecular flexibility index (Phi) is 4.37. The van der Waals surface area contributed by atoms with Crippen molar-refractivity contribution in [3.63, 3.8) is 0 Å². The van der Waals surface area contributed by atoms with Gasteiger partial charge in [0.25, 0.3) is 0 Å². The zero-order valence-corrected chi connectivity index (χ0v) is 11.9. The van der Waals surface area contributed by atoms with Crippen LogP contribution in [0.2, 0.25) is 0 Å². The van der Waals surface area contributed by atoms with Gasteiger partial charge in [-0.2, -0.15) is 13.2 Å². The number of anilines is 1. The number of hydrogen-bond donors (Lipinski definition) is 1. The number of hydrogen-bond acceptors (Lipinski definition) is 3. The Hall–Kier alpha value is -1.82. The molecular formula is C15H17F3N2O. The Morgan fingerprint density at radius 1 is 1.19 bits per heavy atom. The van der Waals surface area contributed by atoms with Crippen LogP contribution in [0.15, 0.2) is 30.5 Å². The Morgan fingerprint density at radius 2 is 1.81 bits per heavy atom. The summed E-state index contributed by atoms with van der Waals surface area (Å²) >= 11 is 0. The van der Waals surface area contributed by atoms with Gasteiger partial charge in [0.05, 0.1) is 6.61 Å². The van der Waals surface area contributed by atoms with E-state index in [4.69, 9.17) is 0 Å². The molecule has 0 bridgehead atoms. The number of halogens is 3. The lowest BCUT2D eigenvalue weighted by molar-refractivity contribution is -0.120. The van der Waals surface area contributed by atoms with Crippen molar-refractivity contribution in [1.29, 1.82) is 0 Å². The average molecular weight is 298 g/mol. The van der Waals surface area contributed by atoms with E-state index in [9.17, 15) is 18.3 Å². The van der Waals surface area contributed by atoms with E-state index in [-0.39, 0.29) is 18.5 Å². The van der Waals surface area contributed by atoms with Gasteiger partial charge in [0.1, 0.15) is 12.4 Å². The van der Waals surface area contributed by atoms with Crippen LogP contribution >= 0.6 is 0 Å². The van der Waals surface area contributed by atoms with Crippen LogP contribution in [0.5, 0.6) is 0 Å². The van der Waals surface area contributed by atoms with Crippen LogP contribution in [-0.2, 0) is 6.61 Å². The van der Waals surface area contributed by atoms with Crippen LogP contribution in [0.1, 0.15) is 19.4 Å². The Bertz CT molecular complexity index is 626. The van der Waals surface area contributed by atoms with E-state index in [1.165, 1.54) is 11.1 Å². The van der Waals surface area contributed by atoms with E-state index in [1.807, 2.05) is 0 Å². The number of fused-ring (bicyclic) bond motifs is 1. The second kappa shape index (κ2) is 5.89. The topological polar surface area (TPSA) is 36.4 Å². The first-order chi connectivity index (χ1) is 9.83. The zero-order valence-electron chi connectivity index (χ0n) is 11.9. The summed E-state index contributed by atoms with van der Waals surface area (Å²) in [6.45, 7) is 2.14. The highest BCUT2D eigenvalue weighted by molar-refractivity contribution is 5.94. The van der Waals surface area contributed by atoms with Gasteiger partial charge in [0.2, 0.25) is 0 Å². The fourth-order valence-electron chi connectivity index (χ4n) is 2.29. The van der Waals surface area contributed by atoms with Crippen LogP contribution in [0.25, 0.3) is 10.8 Å². The molecule has 114 valence electrons. The molecule has 1 aromatic carbocycles. The third-order valence-corrected chi connectivity index (χ3v) is 3.27. The highest BCUT2D eigenvalue weighted by atomic mass is 19.4. The summed E-state index contributed by atoms with van der Waals surface area (Å²) < 4.78 is 38.4. The van der Waals surface area contributed by atoms with Crippen molar-refractivity contribution in [2.75, 3.05) is 11.4 Å². The lowest BCUT2D eigenvalue weighted by Crippen LogP contribution is -2.39. The Labute approximate surface area is 121 Å². The number of nitrogens with zero attached hydrogens (tertiary/aromatic N) is 2. The molecule has 0 saturated heterocycles. The summed E-state index contributed by atoms with van der Waals surface area (Å²) in [5.74, 6) is 0.287. The van der Waals surface area contributed by atoms with E-state index < -0.39 is 12.7 Å². The summed E-state index contributed by atoms with van der Waals surface area (Å²) in [6.07, 6.45) is -2.87. The van der Waals surface area contributed by atoms with Crippen molar-refractivity contribution in [3.05, 3.63) is 36.0 Å². The number of aromatic nitrogens is 1. The molecule has 0 saturated carbocycles. The standard InChI is InChI=1S/C15H17F3N2O/c1-10(2)20(9-15(16,17)18)14-13-6-4-3-5-12(13)11(8-21)7-19-14/h3-7,10,21H,8-9H2,1-2H3. The molecular weight excluding hydrogens is 281 g/mol. The summed E-state index contributed by atoms with van der Waals surface area (Å²) in [5, 5.41) is 10.7. The van der Waals surface area contributed by atoms with E-state index in [0.717, 1.165) is 5.39 Å². The van der Waals surface area contributed by atoms with Gasteiger partial charge in [-0.15, -0.1) is 0 Å². The van der Waals surface area contributed by atoms with Crippen molar-refractivity contribution in [1.82, 2.24) is 4.98 Å². The number of benzene rings is 1. The van der Waals surface area contributed by atoms with Gasteiger partial charge >= 0.3 is 6.18 Å². The van der Waals surface area contributed by atoms with Gasteiger partial charge in [-0.25, -0.2) is 4.98 Å². The van der Waals surface area contributed by atoms with Crippen LogP contribution in [0.4, 0.5) is 19.0 Å². The molecule has 2 rings (SSSR count). The van der Waals surface area contributed by atoms with Crippen molar-refractivity contribution in [3.8, 4) is 0 Å². The van der Waals surface area contributed by atoms with E-state index in [0.29, 0.717) is 10.9 Å². The normalized spacial score (nSPS) is 12.1. The Morgan fingerprint density at radius 3 is 2.33 bits per heavy atom. The number of alkyl halides is 3. The van der Waals surface area contributed by atoms with Crippen molar-refractivity contribution < 1.29 is 18.3 Å². The van der Waals surface area contributed by atoms with Crippen molar-refractivity contribution in [2.24, 2.45) is 0 Å². The fourth-order valence-corrected chi connectivity index (χ4v) is 2.29. The monoisotopic (exact) mass is 298 g/mol. The molecule has 2 aromatic rings. The highest BCUT2D eigenvalue weighted by Crippen LogP contribution is 2.30. The molecule has 0 fully saturated rings. The molecule has 1 heterocycles. The molecule has 3 nitrogen and oxygen atoms in total. The number of rotatable bonds is 4. The summed E-state index contributed by atoms with van der Waals surface area (Å²) in [6, 6.07) is 6.69. The van der Waals surface area contributed by atoms with Crippen LogP contribution in [0, 0.1) is 0 Å². The molecule has 21 heavy (non-hydrogen) atoms. The van der Waals surface area contributed by atoms with Crippen molar-refractivity contribution in [2.45, 2.75) is 32.7 Å². The predicted molar refractivity (Wildman–Crippen MR) is 76.2 cm³/mol. The molecule has 0 aliphatic rings. The molecule has 0 spiro atoms. The molecule has 0 radical (unpaired) electrons. The molecule has 0 amide bonds. The van der Waals surface area contributed by atoms with Crippen LogP contribution in [-0.4, -0.2) is 28.9 Å². The minimum Gasteiger partial charge on any atom is -0.392 e. The van der Waals surface area contributed by atoms with Crippen LogP contribution < -0.4 is 4.90 Å². The second-order valence-corrected chi connectivity index (χ2v) is 5.15.